The molecule has 0 saturated carbocycles. The molecule has 0 atom stereocenters. The van der Waals surface area contributed by atoms with Gasteiger partial charge in [0.2, 0.25) is 0 Å². The molecule has 2 heterocycles. The molecule has 0 aliphatic heterocycles. The first-order valence-corrected chi connectivity index (χ1v) is 17.3. The maximum absolute atomic E-state index is 6.88. The van der Waals surface area contributed by atoms with Gasteiger partial charge in [0.15, 0.2) is 5.58 Å². The number of hydrogen-bond acceptors (Lipinski definition) is 3. The molecule has 0 N–H and O–H groups in total. The zero-order valence-electron chi connectivity index (χ0n) is 27.7. The van der Waals surface area contributed by atoms with Gasteiger partial charge in [0.1, 0.15) is 16.7 Å². The Labute approximate surface area is 295 Å². The molecule has 0 spiro atoms. The maximum Gasteiger partial charge on any atom is 0.159 e. The van der Waals surface area contributed by atoms with Crippen LogP contribution in [0.3, 0.4) is 0 Å². The topological polar surface area (TPSA) is 29.5 Å². The van der Waals surface area contributed by atoms with Gasteiger partial charge in [0.25, 0.3) is 0 Å². The Balaban J connectivity index is 1.15. The Morgan fingerprint density at radius 2 is 0.843 bits per heavy atom. The van der Waals surface area contributed by atoms with Gasteiger partial charge in [-0.25, -0.2) is 0 Å². The van der Waals surface area contributed by atoms with Crippen LogP contribution in [0.1, 0.15) is 0 Å². The fourth-order valence-electron chi connectivity index (χ4n) is 7.43. The lowest BCUT2D eigenvalue weighted by molar-refractivity contribution is 0.664. The molecule has 3 nitrogen and oxygen atoms in total. The smallest absolute Gasteiger partial charge is 0.159 e. The van der Waals surface area contributed by atoms with E-state index in [0.717, 1.165) is 72.1 Å². The molecular formula is C48H31NO2. The van der Waals surface area contributed by atoms with Crippen LogP contribution in [0, 0.1) is 0 Å². The summed E-state index contributed by atoms with van der Waals surface area (Å²) in [6, 6.07) is 66.0. The van der Waals surface area contributed by atoms with E-state index in [1.54, 1.807) is 0 Å². The van der Waals surface area contributed by atoms with E-state index in [1.165, 1.54) is 22.3 Å². The van der Waals surface area contributed by atoms with Gasteiger partial charge >= 0.3 is 0 Å². The Hall–Kier alpha value is -6.84. The van der Waals surface area contributed by atoms with E-state index in [0.29, 0.717) is 0 Å². The molecule has 0 fully saturated rings. The Morgan fingerprint density at radius 3 is 1.45 bits per heavy atom. The second-order valence-electron chi connectivity index (χ2n) is 12.9. The first kappa shape index (κ1) is 29.1. The van der Waals surface area contributed by atoms with Crippen molar-refractivity contribution < 1.29 is 8.83 Å². The third kappa shape index (κ3) is 4.98. The van der Waals surface area contributed by atoms with Crippen molar-refractivity contribution in [2.45, 2.75) is 0 Å². The van der Waals surface area contributed by atoms with Crippen LogP contribution in [0.4, 0.5) is 17.1 Å². The van der Waals surface area contributed by atoms with Crippen LogP contribution in [-0.4, -0.2) is 0 Å². The lowest BCUT2D eigenvalue weighted by Gasteiger charge is -2.26. The normalized spacial score (nSPS) is 11.5. The van der Waals surface area contributed by atoms with E-state index in [2.05, 4.69) is 181 Å². The van der Waals surface area contributed by atoms with Gasteiger partial charge in [-0.3, -0.25) is 0 Å². The van der Waals surface area contributed by atoms with Crippen molar-refractivity contribution in [3.63, 3.8) is 0 Å². The van der Waals surface area contributed by atoms with Gasteiger partial charge in [-0.1, -0.05) is 140 Å². The molecule has 0 saturated heterocycles. The molecule has 2 aromatic heterocycles. The zero-order valence-corrected chi connectivity index (χ0v) is 27.7. The lowest BCUT2D eigenvalue weighted by Crippen LogP contribution is -2.10. The van der Waals surface area contributed by atoms with E-state index in [9.17, 15) is 0 Å². The highest BCUT2D eigenvalue weighted by Gasteiger charge is 2.21. The quantitative estimate of drug-likeness (QED) is 0.179. The van der Waals surface area contributed by atoms with Crippen molar-refractivity contribution in [1.29, 1.82) is 0 Å². The van der Waals surface area contributed by atoms with Crippen LogP contribution >= 0.6 is 0 Å². The minimum absolute atomic E-state index is 0.826. The van der Waals surface area contributed by atoms with E-state index in [1.807, 2.05) is 12.1 Å². The van der Waals surface area contributed by atoms with Gasteiger partial charge in [-0.15, -0.1) is 0 Å². The molecule has 0 aliphatic rings. The molecule has 10 rings (SSSR count). The summed E-state index contributed by atoms with van der Waals surface area (Å²) >= 11 is 0. The van der Waals surface area contributed by atoms with Crippen molar-refractivity contribution in [3.05, 3.63) is 188 Å². The van der Waals surface area contributed by atoms with Crippen molar-refractivity contribution in [3.8, 4) is 33.4 Å². The Morgan fingerprint density at radius 1 is 0.333 bits per heavy atom. The van der Waals surface area contributed by atoms with E-state index < -0.39 is 0 Å². The Kier molecular flexibility index (Phi) is 6.81. The fraction of sp³-hybridized carbons (Fsp3) is 0. The van der Waals surface area contributed by atoms with Crippen LogP contribution < -0.4 is 4.90 Å². The maximum atomic E-state index is 6.88. The highest BCUT2D eigenvalue weighted by Crippen LogP contribution is 2.45. The number of furan rings is 2. The number of hydrogen-bond donors (Lipinski definition) is 0. The zero-order chi connectivity index (χ0) is 33.7. The van der Waals surface area contributed by atoms with Crippen molar-refractivity contribution >= 4 is 60.9 Å². The van der Waals surface area contributed by atoms with Crippen LogP contribution in [0.2, 0.25) is 0 Å². The van der Waals surface area contributed by atoms with E-state index in [-0.39, 0.29) is 0 Å². The molecule has 10 aromatic rings. The minimum atomic E-state index is 0.826. The summed E-state index contributed by atoms with van der Waals surface area (Å²) in [6.45, 7) is 0. The van der Waals surface area contributed by atoms with Crippen LogP contribution in [-0.2, 0) is 0 Å². The van der Waals surface area contributed by atoms with Gasteiger partial charge in [-0.2, -0.15) is 0 Å². The van der Waals surface area contributed by atoms with Crippen LogP contribution in [0.15, 0.2) is 197 Å². The first-order chi connectivity index (χ1) is 25.3. The SMILES string of the molecule is c1ccc(-c2ccc(N(c3ccc(-c4ccccc4)cc3)c3cccc4c3oc3cc5c(cc34)oc3cccc(-c4ccccc4)c35)cc2)cc1. The number of para-hydroxylation sites is 1. The molecule has 0 unspecified atom stereocenters. The molecular weight excluding hydrogens is 623 g/mol. The van der Waals surface area contributed by atoms with E-state index >= 15 is 0 Å². The average molecular weight is 654 g/mol. The fourth-order valence-corrected chi connectivity index (χ4v) is 7.43. The summed E-state index contributed by atoms with van der Waals surface area (Å²) in [6.07, 6.45) is 0. The second kappa shape index (κ2) is 11.9. The summed E-state index contributed by atoms with van der Waals surface area (Å²) in [5.41, 5.74) is 13.4. The monoisotopic (exact) mass is 653 g/mol. The van der Waals surface area contributed by atoms with Gasteiger partial charge < -0.3 is 13.7 Å². The number of rotatable bonds is 6. The van der Waals surface area contributed by atoms with Gasteiger partial charge in [-0.05, 0) is 81.9 Å². The molecule has 0 amide bonds. The summed E-state index contributed by atoms with van der Waals surface area (Å²) in [7, 11) is 0. The predicted molar refractivity (Wildman–Crippen MR) is 212 cm³/mol. The van der Waals surface area contributed by atoms with Crippen molar-refractivity contribution in [1.82, 2.24) is 0 Å². The average Bonchev–Trinajstić information content (AvgIpc) is 3.76. The highest BCUT2D eigenvalue weighted by atomic mass is 16.3. The second-order valence-corrected chi connectivity index (χ2v) is 12.9. The van der Waals surface area contributed by atoms with Crippen LogP contribution in [0.5, 0.6) is 0 Å². The molecule has 51 heavy (non-hydrogen) atoms. The molecule has 3 heteroatoms. The predicted octanol–water partition coefficient (Wildman–Crippen LogP) is 14.0. The molecule has 8 aromatic carbocycles. The molecule has 0 radical (unpaired) electrons. The van der Waals surface area contributed by atoms with Crippen molar-refractivity contribution in [2.75, 3.05) is 4.90 Å². The van der Waals surface area contributed by atoms with E-state index in [4.69, 9.17) is 8.83 Å². The summed E-state index contributed by atoms with van der Waals surface area (Å²) in [5, 5.41) is 4.21. The summed E-state index contributed by atoms with van der Waals surface area (Å²) < 4.78 is 13.4. The number of fused-ring (bicyclic) bond motifs is 6. The molecule has 0 aliphatic carbocycles. The molecule has 0 bridgehead atoms. The lowest BCUT2D eigenvalue weighted by atomic mass is 9.99. The minimum Gasteiger partial charge on any atom is -0.456 e. The van der Waals surface area contributed by atoms with Crippen LogP contribution in [0.25, 0.3) is 77.3 Å². The highest BCUT2D eigenvalue weighted by molar-refractivity contribution is 6.19. The number of anilines is 3. The summed E-state index contributed by atoms with van der Waals surface area (Å²) in [5.74, 6) is 0. The standard InChI is InChI=1S/C48H31NO2/c1-4-12-32(13-5-1)34-22-26-37(27-23-34)49(38-28-24-35(25-29-38)33-14-6-2-7-15-33)43-20-10-19-40-41-30-46-42(31-45(41)51-48(40)43)47-39(18-11-21-44(47)50-46)36-16-8-3-9-17-36/h1-31H. The largest absolute Gasteiger partial charge is 0.456 e. The summed E-state index contributed by atoms with van der Waals surface area (Å²) in [4.78, 5) is 2.29. The van der Waals surface area contributed by atoms with Crippen molar-refractivity contribution in [2.24, 2.45) is 0 Å². The Bertz CT molecular complexity index is 2730. The van der Waals surface area contributed by atoms with Gasteiger partial charge in [0.05, 0.1) is 5.69 Å². The number of nitrogens with zero attached hydrogens (tertiary/aromatic N) is 1. The number of benzene rings is 8. The third-order valence-corrected chi connectivity index (χ3v) is 9.88. The first-order valence-electron chi connectivity index (χ1n) is 17.3. The third-order valence-electron chi connectivity index (χ3n) is 9.88. The van der Waals surface area contributed by atoms with Gasteiger partial charge in [0, 0.05) is 32.9 Å². The molecule has 240 valence electrons.